The van der Waals surface area contributed by atoms with Crippen LogP contribution in [-0.4, -0.2) is 30.0 Å². The van der Waals surface area contributed by atoms with Crippen LogP contribution in [-0.2, 0) is 13.6 Å². The lowest BCUT2D eigenvalue weighted by molar-refractivity contribution is 0.616. The zero-order chi connectivity index (χ0) is 9.26. The van der Waals surface area contributed by atoms with Crippen LogP contribution in [0.3, 0.4) is 0 Å². The summed E-state index contributed by atoms with van der Waals surface area (Å²) in [5.41, 5.74) is 0.990. The molecule has 0 atom stereocenters. The Morgan fingerprint density at radius 3 is 2.77 bits per heavy atom. The van der Waals surface area contributed by atoms with E-state index in [1.807, 2.05) is 19.2 Å². The molecule has 0 aliphatic carbocycles. The summed E-state index contributed by atoms with van der Waals surface area (Å²) < 4.78 is 1.78. The quantitative estimate of drug-likeness (QED) is 0.637. The van der Waals surface area contributed by atoms with Gasteiger partial charge in [0.2, 0.25) is 0 Å². The second-order valence-corrected chi connectivity index (χ2v) is 2.85. The maximum absolute atomic E-state index is 4.21. The van der Waals surface area contributed by atoms with Gasteiger partial charge in [0.05, 0.1) is 12.7 Å². The Labute approximate surface area is 75.2 Å². The van der Waals surface area contributed by atoms with Crippen molar-refractivity contribution in [3.8, 4) is 0 Å². The average molecular weight is 178 g/mol. The highest BCUT2D eigenvalue weighted by Crippen LogP contribution is 1.95. The molecule has 2 rings (SSSR count). The molecule has 0 aliphatic rings. The first kappa shape index (κ1) is 7.90. The van der Waals surface area contributed by atoms with Crippen molar-refractivity contribution >= 4 is 0 Å². The van der Waals surface area contributed by atoms with E-state index in [1.54, 1.807) is 11.7 Å². The van der Waals surface area contributed by atoms with Crippen molar-refractivity contribution in [3.05, 3.63) is 23.8 Å². The molecule has 0 spiro atoms. The minimum atomic E-state index is 0.571. The van der Waals surface area contributed by atoms with Crippen LogP contribution in [0.1, 0.15) is 11.5 Å². The van der Waals surface area contributed by atoms with Crippen LogP contribution in [0, 0.1) is 6.92 Å². The minimum Gasteiger partial charge on any atom is -0.265 e. The van der Waals surface area contributed by atoms with E-state index in [9.17, 15) is 0 Å². The zero-order valence-corrected chi connectivity index (χ0v) is 7.55. The third-order valence-corrected chi connectivity index (χ3v) is 1.63. The van der Waals surface area contributed by atoms with Gasteiger partial charge in [0, 0.05) is 6.20 Å². The summed E-state index contributed by atoms with van der Waals surface area (Å²) in [6.07, 6.45) is 1.89. The van der Waals surface area contributed by atoms with E-state index in [4.69, 9.17) is 0 Å². The highest BCUT2D eigenvalue weighted by atomic mass is 15.6. The van der Waals surface area contributed by atoms with E-state index < -0.39 is 0 Å². The summed E-state index contributed by atoms with van der Waals surface area (Å²) in [6.45, 7) is 2.52. The van der Waals surface area contributed by atoms with Gasteiger partial charge in [0.15, 0.2) is 5.82 Å². The van der Waals surface area contributed by atoms with E-state index in [-0.39, 0.29) is 0 Å². The van der Waals surface area contributed by atoms with Crippen molar-refractivity contribution in [2.45, 2.75) is 13.5 Å². The summed E-state index contributed by atoms with van der Waals surface area (Å²) in [7, 11) is 1.74. The molecular formula is C7H10N6. The van der Waals surface area contributed by atoms with Crippen molar-refractivity contribution in [1.82, 2.24) is 30.0 Å². The van der Waals surface area contributed by atoms with Gasteiger partial charge in [-0.2, -0.15) is 9.90 Å². The second-order valence-electron chi connectivity index (χ2n) is 2.85. The lowest BCUT2D eigenvalue weighted by atomic mass is 10.5. The van der Waals surface area contributed by atoms with Gasteiger partial charge in [-0.05, 0) is 18.2 Å². The van der Waals surface area contributed by atoms with Crippen LogP contribution in [0.5, 0.6) is 0 Å². The summed E-state index contributed by atoms with van der Waals surface area (Å²) in [6, 6.07) is 1.94. The summed E-state index contributed by atoms with van der Waals surface area (Å²) >= 11 is 0. The van der Waals surface area contributed by atoms with E-state index in [1.165, 1.54) is 4.80 Å². The molecule has 2 aromatic heterocycles. The molecule has 0 aliphatic heterocycles. The lowest BCUT2D eigenvalue weighted by Gasteiger charge is -1.93. The Bertz CT molecular complexity index is 362. The van der Waals surface area contributed by atoms with Gasteiger partial charge in [-0.3, -0.25) is 4.68 Å². The van der Waals surface area contributed by atoms with Crippen LogP contribution in [0.15, 0.2) is 12.3 Å². The van der Waals surface area contributed by atoms with Crippen LogP contribution >= 0.6 is 0 Å². The molecular weight excluding hydrogens is 168 g/mol. The number of rotatable bonds is 2. The van der Waals surface area contributed by atoms with Crippen molar-refractivity contribution in [2.75, 3.05) is 0 Å². The highest BCUT2D eigenvalue weighted by Gasteiger charge is 2.01. The van der Waals surface area contributed by atoms with Gasteiger partial charge in [-0.1, -0.05) is 0 Å². The van der Waals surface area contributed by atoms with Crippen LogP contribution in [0.4, 0.5) is 0 Å². The first-order chi connectivity index (χ1) is 6.24. The number of nitrogens with zero attached hydrogens (tertiary/aromatic N) is 6. The molecule has 13 heavy (non-hydrogen) atoms. The SMILES string of the molecule is Cc1ccn(Cc2nnn(C)n2)n1. The van der Waals surface area contributed by atoms with Gasteiger partial charge in [0.25, 0.3) is 0 Å². The summed E-state index contributed by atoms with van der Waals surface area (Å²) in [5, 5.41) is 15.9. The third-order valence-electron chi connectivity index (χ3n) is 1.63. The molecule has 6 nitrogen and oxygen atoms in total. The molecule has 0 saturated heterocycles. The Kier molecular flexibility index (Phi) is 1.80. The van der Waals surface area contributed by atoms with Crippen molar-refractivity contribution in [3.63, 3.8) is 0 Å². The molecule has 0 radical (unpaired) electrons. The van der Waals surface area contributed by atoms with E-state index in [0.717, 1.165) is 5.69 Å². The largest absolute Gasteiger partial charge is 0.265 e. The number of hydrogen-bond acceptors (Lipinski definition) is 4. The van der Waals surface area contributed by atoms with Gasteiger partial charge >= 0.3 is 0 Å². The molecule has 0 amide bonds. The Hall–Kier alpha value is -1.72. The molecule has 2 heterocycles. The van der Waals surface area contributed by atoms with Crippen LogP contribution in [0.25, 0.3) is 0 Å². The van der Waals surface area contributed by atoms with Crippen LogP contribution < -0.4 is 0 Å². The Balaban J connectivity index is 2.14. The molecule has 0 saturated carbocycles. The van der Waals surface area contributed by atoms with E-state index in [2.05, 4.69) is 20.5 Å². The van der Waals surface area contributed by atoms with Crippen molar-refractivity contribution in [2.24, 2.45) is 7.05 Å². The monoisotopic (exact) mass is 178 g/mol. The normalized spacial score (nSPS) is 10.6. The lowest BCUT2D eigenvalue weighted by Crippen LogP contribution is -2.03. The second kappa shape index (κ2) is 2.96. The number of tetrazole rings is 1. The van der Waals surface area contributed by atoms with Crippen molar-refractivity contribution in [1.29, 1.82) is 0 Å². The Morgan fingerprint density at radius 2 is 2.23 bits per heavy atom. The smallest absolute Gasteiger partial charge is 0.196 e. The molecule has 68 valence electrons. The van der Waals surface area contributed by atoms with Crippen LogP contribution in [0.2, 0.25) is 0 Å². The average Bonchev–Trinajstić information content (AvgIpc) is 2.62. The maximum Gasteiger partial charge on any atom is 0.196 e. The molecule has 0 N–H and O–H groups in total. The zero-order valence-electron chi connectivity index (χ0n) is 7.55. The summed E-state index contributed by atoms with van der Waals surface area (Å²) in [5.74, 6) is 0.672. The number of aryl methyl sites for hydroxylation is 2. The van der Waals surface area contributed by atoms with Gasteiger partial charge < -0.3 is 0 Å². The molecule has 2 aromatic rings. The minimum absolute atomic E-state index is 0.571. The highest BCUT2D eigenvalue weighted by molar-refractivity contribution is 4.96. The third kappa shape index (κ3) is 1.71. The maximum atomic E-state index is 4.21. The standard InChI is InChI=1S/C7H10N6/c1-6-3-4-13(9-6)5-7-8-11-12(2)10-7/h3-4H,5H2,1-2H3. The first-order valence-electron chi connectivity index (χ1n) is 3.97. The van der Waals surface area contributed by atoms with Gasteiger partial charge in [-0.25, -0.2) is 0 Å². The topological polar surface area (TPSA) is 61.4 Å². The van der Waals surface area contributed by atoms with Crippen molar-refractivity contribution < 1.29 is 0 Å². The molecule has 0 aromatic carbocycles. The predicted octanol–water partition coefficient (Wildman–Crippen LogP) is -0.237. The molecule has 0 fully saturated rings. The number of aromatic nitrogens is 6. The first-order valence-corrected chi connectivity index (χ1v) is 3.97. The Morgan fingerprint density at radius 1 is 1.38 bits per heavy atom. The fraction of sp³-hybridized carbons (Fsp3) is 0.429. The van der Waals surface area contributed by atoms with E-state index in [0.29, 0.717) is 12.4 Å². The fourth-order valence-corrected chi connectivity index (χ4v) is 1.08. The molecule has 6 heteroatoms. The van der Waals surface area contributed by atoms with E-state index >= 15 is 0 Å². The van der Waals surface area contributed by atoms with Gasteiger partial charge in [-0.15, -0.1) is 10.2 Å². The summed E-state index contributed by atoms with van der Waals surface area (Å²) in [4.78, 5) is 1.44. The predicted molar refractivity (Wildman–Crippen MR) is 44.9 cm³/mol. The fourth-order valence-electron chi connectivity index (χ4n) is 1.08. The number of hydrogen-bond donors (Lipinski definition) is 0. The van der Waals surface area contributed by atoms with Gasteiger partial charge in [0.1, 0.15) is 6.54 Å². The molecule has 0 bridgehead atoms. The molecule has 0 unspecified atom stereocenters.